The summed E-state index contributed by atoms with van der Waals surface area (Å²) in [6, 6.07) is 3.82. The molecule has 4 nitrogen and oxygen atoms in total. The first kappa shape index (κ1) is 11.9. The van der Waals surface area contributed by atoms with Crippen LogP contribution in [0.4, 0.5) is 5.82 Å². The highest BCUT2D eigenvalue weighted by molar-refractivity contribution is 5.87. The van der Waals surface area contributed by atoms with E-state index in [1.165, 1.54) is 44.7 Å². The van der Waals surface area contributed by atoms with Gasteiger partial charge in [0.25, 0.3) is 0 Å². The van der Waals surface area contributed by atoms with Gasteiger partial charge in [-0.25, -0.2) is 9.78 Å². The van der Waals surface area contributed by atoms with Crippen molar-refractivity contribution in [3.8, 4) is 0 Å². The number of hydrogen-bond acceptors (Lipinski definition) is 3. The summed E-state index contributed by atoms with van der Waals surface area (Å²) < 4.78 is 0. The summed E-state index contributed by atoms with van der Waals surface area (Å²) in [5.74, 6) is -0.152. The molecular weight excluding hydrogens is 216 g/mol. The van der Waals surface area contributed by atoms with Crippen LogP contribution >= 0.6 is 0 Å². The highest BCUT2D eigenvalue weighted by Gasteiger charge is 2.12. The molecule has 17 heavy (non-hydrogen) atoms. The summed E-state index contributed by atoms with van der Waals surface area (Å²) >= 11 is 0. The Balaban J connectivity index is 1.95. The Kier molecular flexibility index (Phi) is 3.96. The maximum Gasteiger partial charge on any atom is 0.337 e. The molecule has 0 aromatic carbocycles. The van der Waals surface area contributed by atoms with Crippen molar-refractivity contribution in [3.05, 3.63) is 23.9 Å². The van der Waals surface area contributed by atoms with Gasteiger partial charge in [0.15, 0.2) is 0 Å². The molecular formula is C13H18N2O2. The zero-order valence-corrected chi connectivity index (χ0v) is 9.85. The van der Waals surface area contributed by atoms with Gasteiger partial charge in [-0.2, -0.15) is 0 Å². The predicted molar refractivity (Wildman–Crippen MR) is 66.3 cm³/mol. The number of aromatic nitrogens is 1. The number of carboxylic acid groups (broad SMARTS) is 1. The normalized spacial score (nSPS) is 17.4. The van der Waals surface area contributed by atoms with Gasteiger partial charge >= 0.3 is 5.97 Å². The molecule has 1 fully saturated rings. The molecule has 2 N–H and O–H groups in total. The van der Waals surface area contributed by atoms with E-state index in [0.717, 1.165) is 5.82 Å². The first-order valence-electron chi connectivity index (χ1n) is 6.21. The molecule has 1 aliphatic rings. The van der Waals surface area contributed by atoms with Gasteiger partial charge in [-0.05, 0) is 25.0 Å². The topological polar surface area (TPSA) is 62.2 Å². The molecule has 1 heterocycles. The van der Waals surface area contributed by atoms with E-state index in [2.05, 4.69) is 10.3 Å². The molecule has 1 aromatic rings. The third-order valence-corrected chi connectivity index (χ3v) is 3.22. The van der Waals surface area contributed by atoms with Gasteiger partial charge in [-0.3, -0.25) is 0 Å². The maximum atomic E-state index is 10.7. The summed E-state index contributed by atoms with van der Waals surface area (Å²) in [7, 11) is 0. The van der Waals surface area contributed by atoms with Crippen LogP contribution in [-0.4, -0.2) is 22.1 Å². The molecule has 1 aromatic heterocycles. The molecule has 0 radical (unpaired) electrons. The minimum Gasteiger partial charge on any atom is -0.478 e. The molecule has 92 valence electrons. The molecule has 0 amide bonds. The third kappa shape index (κ3) is 3.44. The Morgan fingerprint density at radius 2 is 1.94 bits per heavy atom. The average molecular weight is 234 g/mol. The van der Waals surface area contributed by atoms with Gasteiger partial charge in [-0.15, -0.1) is 0 Å². The van der Waals surface area contributed by atoms with Crippen molar-refractivity contribution in [2.45, 2.75) is 44.6 Å². The third-order valence-electron chi connectivity index (χ3n) is 3.22. The van der Waals surface area contributed by atoms with Crippen LogP contribution in [0.15, 0.2) is 18.3 Å². The fourth-order valence-corrected chi connectivity index (χ4v) is 2.24. The molecule has 1 aliphatic carbocycles. The van der Waals surface area contributed by atoms with E-state index in [9.17, 15) is 4.79 Å². The summed E-state index contributed by atoms with van der Waals surface area (Å²) in [4.78, 5) is 14.8. The monoisotopic (exact) mass is 234 g/mol. The second-order valence-corrected chi connectivity index (χ2v) is 4.57. The van der Waals surface area contributed by atoms with E-state index < -0.39 is 5.97 Å². The van der Waals surface area contributed by atoms with Crippen molar-refractivity contribution in [2.75, 3.05) is 5.32 Å². The Labute approximate surface area is 101 Å². The van der Waals surface area contributed by atoms with E-state index in [4.69, 9.17) is 5.11 Å². The summed E-state index contributed by atoms with van der Waals surface area (Å²) in [5, 5.41) is 12.2. The number of rotatable bonds is 3. The molecule has 0 spiro atoms. The lowest BCUT2D eigenvalue weighted by atomic mass is 10.1. The van der Waals surface area contributed by atoms with Gasteiger partial charge in [0, 0.05) is 12.2 Å². The number of aromatic carboxylic acids is 1. The van der Waals surface area contributed by atoms with Crippen molar-refractivity contribution in [1.82, 2.24) is 4.98 Å². The minimum absolute atomic E-state index is 0.233. The van der Waals surface area contributed by atoms with Gasteiger partial charge in [0.1, 0.15) is 5.82 Å². The Hall–Kier alpha value is -1.58. The summed E-state index contributed by atoms with van der Waals surface area (Å²) in [5.41, 5.74) is 0.233. The second-order valence-electron chi connectivity index (χ2n) is 4.57. The van der Waals surface area contributed by atoms with E-state index in [1.807, 2.05) is 0 Å². The van der Waals surface area contributed by atoms with Crippen LogP contribution in [0.5, 0.6) is 0 Å². The molecule has 0 saturated heterocycles. The lowest BCUT2D eigenvalue weighted by Crippen LogP contribution is -2.19. The number of nitrogens with one attached hydrogen (secondary N) is 1. The van der Waals surface area contributed by atoms with Crippen LogP contribution in [0.25, 0.3) is 0 Å². The van der Waals surface area contributed by atoms with Crippen molar-refractivity contribution < 1.29 is 9.90 Å². The Morgan fingerprint density at radius 1 is 1.24 bits per heavy atom. The molecule has 2 rings (SSSR count). The quantitative estimate of drug-likeness (QED) is 0.789. The van der Waals surface area contributed by atoms with Crippen LogP contribution in [0.3, 0.4) is 0 Å². The van der Waals surface area contributed by atoms with Crippen LogP contribution < -0.4 is 5.32 Å². The molecule has 1 saturated carbocycles. The predicted octanol–water partition coefficient (Wildman–Crippen LogP) is 2.91. The van der Waals surface area contributed by atoms with Crippen molar-refractivity contribution in [1.29, 1.82) is 0 Å². The first-order chi connectivity index (χ1) is 8.25. The largest absolute Gasteiger partial charge is 0.478 e. The SMILES string of the molecule is O=C(O)c1ccc(NC2CCCCCC2)nc1. The van der Waals surface area contributed by atoms with Crippen molar-refractivity contribution >= 4 is 11.8 Å². The van der Waals surface area contributed by atoms with Crippen LogP contribution in [-0.2, 0) is 0 Å². The van der Waals surface area contributed by atoms with Crippen molar-refractivity contribution in [2.24, 2.45) is 0 Å². The average Bonchev–Trinajstić information content (AvgIpc) is 2.58. The van der Waals surface area contributed by atoms with Gasteiger partial charge < -0.3 is 10.4 Å². The maximum absolute atomic E-state index is 10.7. The van der Waals surface area contributed by atoms with Gasteiger partial charge in [-0.1, -0.05) is 25.7 Å². The number of hydrogen-bond donors (Lipinski definition) is 2. The van der Waals surface area contributed by atoms with E-state index in [0.29, 0.717) is 6.04 Å². The zero-order chi connectivity index (χ0) is 12.1. The van der Waals surface area contributed by atoms with E-state index in [-0.39, 0.29) is 5.56 Å². The van der Waals surface area contributed by atoms with Gasteiger partial charge in [0.2, 0.25) is 0 Å². The van der Waals surface area contributed by atoms with Crippen LogP contribution in [0.1, 0.15) is 48.9 Å². The van der Waals surface area contributed by atoms with E-state index in [1.54, 1.807) is 12.1 Å². The summed E-state index contributed by atoms with van der Waals surface area (Å²) in [6.07, 6.45) is 8.95. The number of pyridine rings is 1. The number of nitrogens with zero attached hydrogens (tertiary/aromatic N) is 1. The molecule has 0 aliphatic heterocycles. The fourth-order valence-electron chi connectivity index (χ4n) is 2.24. The minimum atomic E-state index is -0.932. The number of carboxylic acids is 1. The Bertz CT molecular complexity index is 368. The molecule has 4 heteroatoms. The number of anilines is 1. The first-order valence-corrected chi connectivity index (χ1v) is 6.21. The number of carbonyl (C=O) groups is 1. The van der Waals surface area contributed by atoms with E-state index >= 15 is 0 Å². The standard InChI is InChI=1S/C13H18N2O2/c16-13(17)10-7-8-12(14-9-10)15-11-5-3-1-2-4-6-11/h7-9,11H,1-6H2,(H,14,15)(H,16,17). The lowest BCUT2D eigenvalue weighted by molar-refractivity contribution is 0.0696. The van der Waals surface area contributed by atoms with Gasteiger partial charge in [0.05, 0.1) is 5.56 Å². The smallest absolute Gasteiger partial charge is 0.337 e. The zero-order valence-electron chi connectivity index (χ0n) is 9.85. The van der Waals surface area contributed by atoms with Crippen LogP contribution in [0, 0.1) is 0 Å². The second kappa shape index (κ2) is 5.66. The summed E-state index contributed by atoms with van der Waals surface area (Å²) in [6.45, 7) is 0. The Morgan fingerprint density at radius 3 is 2.47 bits per heavy atom. The molecule has 0 bridgehead atoms. The highest BCUT2D eigenvalue weighted by Crippen LogP contribution is 2.20. The molecule has 0 atom stereocenters. The molecule has 0 unspecified atom stereocenters. The van der Waals surface area contributed by atoms with Crippen molar-refractivity contribution in [3.63, 3.8) is 0 Å². The highest BCUT2D eigenvalue weighted by atomic mass is 16.4. The van der Waals surface area contributed by atoms with Crippen LogP contribution in [0.2, 0.25) is 0 Å². The lowest BCUT2D eigenvalue weighted by Gasteiger charge is -2.16. The fraction of sp³-hybridized carbons (Fsp3) is 0.538.